The molecule has 0 aliphatic heterocycles. The first-order valence-corrected chi connectivity index (χ1v) is 8.28. The number of anilines is 2. The fourth-order valence-electron chi connectivity index (χ4n) is 1.74. The average Bonchev–Trinajstić information content (AvgIpc) is 2.91. The molecule has 0 radical (unpaired) electrons. The predicted octanol–water partition coefficient (Wildman–Crippen LogP) is 5.81. The van der Waals surface area contributed by atoms with Gasteiger partial charge in [-0.15, -0.1) is 11.3 Å². The Morgan fingerprint density at radius 2 is 1.70 bits per heavy atom. The molecule has 0 saturated heterocycles. The molecule has 3 aromatic rings. The van der Waals surface area contributed by atoms with Crippen molar-refractivity contribution < 1.29 is 0 Å². The predicted molar refractivity (Wildman–Crippen MR) is 95.0 cm³/mol. The standard InChI is InChI=1S/C15H10ClIN2S/c16-11-3-7-13(8-4-11)18-15-19-14(9-20-15)10-1-5-12(17)6-2-10/h1-9H,(H,18,19). The molecule has 0 atom stereocenters. The lowest BCUT2D eigenvalue weighted by Crippen LogP contribution is -1.89. The van der Waals surface area contributed by atoms with Gasteiger partial charge in [0.2, 0.25) is 0 Å². The second-order valence-corrected chi connectivity index (χ2v) is 6.72. The lowest BCUT2D eigenvalue weighted by Gasteiger charge is -2.02. The van der Waals surface area contributed by atoms with Crippen molar-refractivity contribution >= 4 is 56.3 Å². The highest BCUT2D eigenvalue weighted by atomic mass is 127. The van der Waals surface area contributed by atoms with Crippen LogP contribution in [0.15, 0.2) is 53.9 Å². The molecule has 2 aromatic carbocycles. The van der Waals surface area contributed by atoms with Crippen LogP contribution < -0.4 is 5.32 Å². The maximum atomic E-state index is 5.87. The molecule has 0 aliphatic carbocycles. The molecule has 0 unspecified atom stereocenters. The third-order valence-corrected chi connectivity index (χ3v) is 4.47. The van der Waals surface area contributed by atoms with Gasteiger partial charge in [0.1, 0.15) is 0 Å². The molecule has 3 rings (SSSR count). The van der Waals surface area contributed by atoms with Gasteiger partial charge in [0.25, 0.3) is 0 Å². The van der Waals surface area contributed by atoms with Gasteiger partial charge < -0.3 is 5.32 Å². The summed E-state index contributed by atoms with van der Waals surface area (Å²) in [7, 11) is 0. The Balaban J connectivity index is 1.80. The SMILES string of the molecule is Clc1ccc(Nc2nc(-c3ccc(I)cc3)cs2)cc1. The monoisotopic (exact) mass is 412 g/mol. The summed E-state index contributed by atoms with van der Waals surface area (Å²) in [6.07, 6.45) is 0. The summed E-state index contributed by atoms with van der Waals surface area (Å²) in [5.74, 6) is 0. The van der Waals surface area contributed by atoms with Gasteiger partial charge in [0.05, 0.1) is 5.69 Å². The number of aromatic nitrogens is 1. The number of rotatable bonds is 3. The fourth-order valence-corrected chi connectivity index (χ4v) is 2.97. The maximum Gasteiger partial charge on any atom is 0.187 e. The summed E-state index contributed by atoms with van der Waals surface area (Å²) in [4.78, 5) is 4.60. The maximum absolute atomic E-state index is 5.87. The minimum Gasteiger partial charge on any atom is -0.332 e. The zero-order valence-corrected chi connectivity index (χ0v) is 14.0. The van der Waals surface area contributed by atoms with E-state index in [9.17, 15) is 0 Å². The largest absolute Gasteiger partial charge is 0.332 e. The lowest BCUT2D eigenvalue weighted by atomic mass is 10.2. The van der Waals surface area contributed by atoms with E-state index >= 15 is 0 Å². The van der Waals surface area contributed by atoms with E-state index in [4.69, 9.17) is 11.6 Å². The molecule has 1 heterocycles. The summed E-state index contributed by atoms with van der Waals surface area (Å²) in [6.45, 7) is 0. The lowest BCUT2D eigenvalue weighted by molar-refractivity contribution is 1.38. The Bertz CT molecular complexity index is 707. The van der Waals surface area contributed by atoms with Gasteiger partial charge in [-0.2, -0.15) is 0 Å². The van der Waals surface area contributed by atoms with E-state index in [1.54, 1.807) is 11.3 Å². The third kappa shape index (κ3) is 3.31. The van der Waals surface area contributed by atoms with Gasteiger partial charge in [-0.25, -0.2) is 4.98 Å². The van der Waals surface area contributed by atoms with E-state index in [1.807, 2.05) is 24.3 Å². The Labute approximate surface area is 140 Å². The summed E-state index contributed by atoms with van der Waals surface area (Å²) >= 11 is 9.76. The van der Waals surface area contributed by atoms with Crippen LogP contribution in [0.5, 0.6) is 0 Å². The van der Waals surface area contributed by atoms with Crippen molar-refractivity contribution in [3.05, 3.63) is 62.5 Å². The van der Waals surface area contributed by atoms with E-state index < -0.39 is 0 Å². The zero-order chi connectivity index (χ0) is 13.9. The first-order chi connectivity index (χ1) is 9.70. The van der Waals surface area contributed by atoms with E-state index in [-0.39, 0.29) is 0 Å². The van der Waals surface area contributed by atoms with Crippen molar-refractivity contribution in [3.8, 4) is 11.3 Å². The van der Waals surface area contributed by atoms with Gasteiger partial charge >= 0.3 is 0 Å². The Morgan fingerprint density at radius 1 is 1.00 bits per heavy atom. The second-order valence-electron chi connectivity index (χ2n) is 4.18. The molecule has 0 aliphatic rings. The van der Waals surface area contributed by atoms with Crippen LogP contribution in [-0.2, 0) is 0 Å². The molecule has 0 spiro atoms. The van der Waals surface area contributed by atoms with Crippen molar-refractivity contribution in [2.45, 2.75) is 0 Å². The molecule has 0 amide bonds. The Kier molecular flexibility index (Phi) is 4.24. The Hall–Kier alpha value is -1.11. The smallest absolute Gasteiger partial charge is 0.187 e. The van der Waals surface area contributed by atoms with Gasteiger partial charge in [0.15, 0.2) is 5.13 Å². The molecule has 0 bridgehead atoms. The molecular formula is C15H10ClIN2S. The average molecular weight is 413 g/mol. The zero-order valence-electron chi connectivity index (χ0n) is 10.3. The van der Waals surface area contributed by atoms with Crippen LogP contribution in [0.25, 0.3) is 11.3 Å². The summed E-state index contributed by atoms with van der Waals surface area (Å²) < 4.78 is 1.22. The van der Waals surface area contributed by atoms with Crippen molar-refractivity contribution in [1.29, 1.82) is 0 Å². The minimum atomic E-state index is 0.731. The molecule has 1 N–H and O–H groups in total. The van der Waals surface area contributed by atoms with Crippen LogP contribution in [0, 0.1) is 3.57 Å². The van der Waals surface area contributed by atoms with E-state index in [0.717, 1.165) is 27.1 Å². The first-order valence-electron chi connectivity index (χ1n) is 5.95. The fraction of sp³-hybridized carbons (Fsp3) is 0. The van der Waals surface area contributed by atoms with E-state index in [0.29, 0.717) is 0 Å². The molecule has 2 nitrogen and oxygen atoms in total. The third-order valence-electron chi connectivity index (χ3n) is 2.74. The number of hydrogen-bond donors (Lipinski definition) is 1. The highest BCUT2D eigenvalue weighted by molar-refractivity contribution is 14.1. The minimum absolute atomic E-state index is 0.731. The number of halogens is 2. The van der Waals surface area contributed by atoms with Crippen molar-refractivity contribution in [3.63, 3.8) is 0 Å². The number of nitrogens with one attached hydrogen (secondary N) is 1. The molecule has 1 aromatic heterocycles. The van der Waals surface area contributed by atoms with E-state index in [1.165, 1.54) is 3.57 Å². The molecule has 5 heteroatoms. The number of hydrogen-bond acceptors (Lipinski definition) is 3. The van der Waals surface area contributed by atoms with Gasteiger partial charge in [-0.05, 0) is 59.0 Å². The van der Waals surface area contributed by atoms with Crippen LogP contribution >= 0.6 is 45.5 Å². The normalized spacial score (nSPS) is 10.5. The second kappa shape index (κ2) is 6.11. The molecular weight excluding hydrogens is 403 g/mol. The first kappa shape index (κ1) is 13.9. The summed E-state index contributed by atoms with van der Waals surface area (Å²) in [5, 5.41) is 6.94. The van der Waals surface area contributed by atoms with Crippen LogP contribution in [0.1, 0.15) is 0 Å². The highest BCUT2D eigenvalue weighted by Crippen LogP contribution is 2.27. The molecule has 0 fully saturated rings. The topological polar surface area (TPSA) is 24.9 Å². The van der Waals surface area contributed by atoms with Gasteiger partial charge in [0, 0.05) is 25.2 Å². The number of nitrogens with zero attached hydrogens (tertiary/aromatic N) is 1. The quantitative estimate of drug-likeness (QED) is 0.549. The van der Waals surface area contributed by atoms with Crippen molar-refractivity contribution in [2.24, 2.45) is 0 Å². The molecule has 100 valence electrons. The number of benzene rings is 2. The van der Waals surface area contributed by atoms with Crippen molar-refractivity contribution in [2.75, 3.05) is 5.32 Å². The van der Waals surface area contributed by atoms with Crippen LogP contribution in [0.3, 0.4) is 0 Å². The summed E-state index contributed by atoms with van der Waals surface area (Å²) in [5.41, 5.74) is 3.10. The van der Waals surface area contributed by atoms with Crippen LogP contribution in [0.2, 0.25) is 5.02 Å². The van der Waals surface area contributed by atoms with Gasteiger partial charge in [-0.3, -0.25) is 0 Å². The Morgan fingerprint density at radius 3 is 2.40 bits per heavy atom. The number of thiazole rings is 1. The summed E-state index contributed by atoms with van der Waals surface area (Å²) in [6, 6.07) is 15.9. The van der Waals surface area contributed by atoms with E-state index in [2.05, 4.69) is 62.5 Å². The highest BCUT2D eigenvalue weighted by Gasteiger charge is 2.04. The van der Waals surface area contributed by atoms with Crippen LogP contribution in [0.4, 0.5) is 10.8 Å². The van der Waals surface area contributed by atoms with Gasteiger partial charge in [-0.1, -0.05) is 23.7 Å². The van der Waals surface area contributed by atoms with Crippen molar-refractivity contribution in [1.82, 2.24) is 4.98 Å². The molecule has 20 heavy (non-hydrogen) atoms. The molecule has 0 saturated carbocycles. The van der Waals surface area contributed by atoms with Crippen LogP contribution in [-0.4, -0.2) is 4.98 Å².